The molecule has 0 N–H and O–H groups in total. The number of carbonyl (C=O) groups excluding carboxylic acids is 1. The van der Waals surface area contributed by atoms with Crippen molar-refractivity contribution >= 4 is 15.7 Å². The minimum absolute atomic E-state index is 0.00846. The second-order valence-electron chi connectivity index (χ2n) is 6.45. The van der Waals surface area contributed by atoms with Gasteiger partial charge in [-0.2, -0.15) is 0 Å². The third-order valence-corrected chi connectivity index (χ3v) is 6.12. The Morgan fingerprint density at radius 2 is 2.15 bits per heavy atom. The van der Waals surface area contributed by atoms with Crippen molar-refractivity contribution in [1.29, 1.82) is 0 Å². The fourth-order valence-electron chi connectivity index (χ4n) is 3.06. The number of sulfone groups is 1. The molecule has 0 aliphatic carbocycles. The molecule has 26 heavy (non-hydrogen) atoms. The maximum atomic E-state index is 13.1. The number of rotatable bonds is 7. The summed E-state index contributed by atoms with van der Waals surface area (Å²) in [5.41, 5.74) is 0.481. The van der Waals surface area contributed by atoms with E-state index in [0.717, 1.165) is 6.42 Å². The van der Waals surface area contributed by atoms with Gasteiger partial charge in [0.2, 0.25) is 0 Å². The number of hydrogen-bond donors (Lipinski definition) is 0. The van der Waals surface area contributed by atoms with E-state index in [1.165, 1.54) is 0 Å². The van der Waals surface area contributed by atoms with Crippen LogP contribution < -0.4 is 4.74 Å². The summed E-state index contributed by atoms with van der Waals surface area (Å²) in [6.45, 7) is 2.83. The molecule has 0 spiro atoms. The molecular weight excluding hydrogens is 354 g/mol. The van der Waals surface area contributed by atoms with E-state index in [2.05, 4.69) is 0 Å². The zero-order valence-electron chi connectivity index (χ0n) is 14.8. The molecule has 1 aromatic carbocycles. The fraction of sp³-hybridized carbons (Fsp3) is 0.421. The highest BCUT2D eigenvalue weighted by Crippen LogP contribution is 2.24. The Kier molecular flexibility index (Phi) is 5.66. The Morgan fingerprint density at radius 3 is 2.81 bits per heavy atom. The highest BCUT2D eigenvalue weighted by atomic mass is 32.2. The normalized spacial score (nSPS) is 18.6. The van der Waals surface area contributed by atoms with E-state index in [0.29, 0.717) is 30.1 Å². The fourth-order valence-corrected chi connectivity index (χ4v) is 4.79. The highest BCUT2D eigenvalue weighted by molar-refractivity contribution is 7.91. The number of furan rings is 1. The van der Waals surface area contributed by atoms with E-state index < -0.39 is 9.84 Å². The van der Waals surface area contributed by atoms with Crippen LogP contribution in [0.4, 0.5) is 0 Å². The Morgan fingerprint density at radius 1 is 1.31 bits per heavy atom. The summed E-state index contributed by atoms with van der Waals surface area (Å²) in [4.78, 5) is 14.7. The molecule has 0 radical (unpaired) electrons. The number of carbonyl (C=O) groups is 1. The topological polar surface area (TPSA) is 76.8 Å². The summed E-state index contributed by atoms with van der Waals surface area (Å²) < 4.78 is 34.8. The van der Waals surface area contributed by atoms with Gasteiger partial charge in [-0.25, -0.2) is 8.42 Å². The summed E-state index contributed by atoms with van der Waals surface area (Å²) >= 11 is 0. The largest absolute Gasteiger partial charge is 0.494 e. The van der Waals surface area contributed by atoms with Crippen molar-refractivity contribution in [3.05, 3.63) is 54.0 Å². The van der Waals surface area contributed by atoms with Gasteiger partial charge in [-0.3, -0.25) is 4.79 Å². The second kappa shape index (κ2) is 7.95. The molecule has 0 saturated carbocycles. The van der Waals surface area contributed by atoms with E-state index in [-0.39, 0.29) is 30.0 Å². The monoisotopic (exact) mass is 377 g/mol. The molecule has 1 aliphatic rings. The summed E-state index contributed by atoms with van der Waals surface area (Å²) in [6.07, 6.45) is 2.87. The Bertz CT molecular complexity index is 845. The molecule has 1 amide bonds. The number of nitrogens with zero attached hydrogens (tertiary/aromatic N) is 1. The van der Waals surface area contributed by atoms with Crippen LogP contribution in [0.2, 0.25) is 0 Å². The second-order valence-corrected chi connectivity index (χ2v) is 8.67. The van der Waals surface area contributed by atoms with Crippen molar-refractivity contribution in [2.24, 2.45) is 0 Å². The molecule has 1 saturated heterocycles. The minimum Gasteiger partial charge on any atom is -0.494 e. The van der Waals surface area contributed by atoms with E-state index in [1.54, 1.807) is 41.5 Å². The van der Waals surface area contributed by atoms with Gasteiger partial charge in [0.25, 0.3) is 5.91 Å². The van der Waals surface area contributed by atoms with Crippen LogP contribution in [0.5, 0.6) is 5.75 Å². The van der Waals surface area contributed by atoms with Crippen LogP contribution >= 0.6 is 0 Å². The van der Waals surface area contributed by atoms with Gasteiger partial charge in [0.15, 0.2) is 9.84 Å². The lowest BCUT2D eigenvalue weighted by Crippen LogP contribution is -2.40. The van der Waals surface area contributed by atoms with Crippen LogP contribution in [0.3, 0.4) is 0 Å². The summed E-state index contributed by atoms with van der Waals surface area (Å²) in [5.74, 6) is 1.14. The Labute approximate surface area is 153 Å². The van der Waals surface area contributed by atoms with E-state index >= 15 is 0 Å². The zero-order chi connectivity index (χ0) is 18.6. The van der Waals surface area contributed by atoms with Crippen LogP contribution in [0.25, 0.3) is 0 Å². The standard InChI is InChI=1S/C19H23NO5S/c1-2-9-24-17-6-3-5-15(12-17)19(21)20(13-18-7-4-10-25-18)16-8-11-26(22,23)14-16/h3-7,10,12,16H,2,8-9,11,13-14H2,1H3/t16-/m1/s1. The molecule has 2 heterocycles. The molecule has 7 heteroatoms. The van der Waals surface area contributed by atoms with Crippen molar-refractivity contribution in [3.63, 3.8) is 0 Å². The molecule has 0 bridgehead atoms. The van der Waals surface area contributed by atoms with E-state index in [4.69, 9.17) is 9.15 Å². The molecule has 3 rings (SSSR count). The van der Waals surface area contributed by atoms with Crippen LogP contribution in [0.15, 0.2) is 47.1 Å². The summed E-state index contributed by atoms with van der Waals surface area (Å²) in [5, 5.41) is 0. The first-order valence-electron chi connectivity index (χ1n) is 8.75. The lowest BCUT2D eigenvalue weighted by molar-refractivity contribution is 0.0665. The van der Waals surface area contributed by atoms with Gasteiger partial charge in [0, 0.05) is 11.6 Å². The number of amides is 1. The smallest absolute Gasteiger partial charge is 0.254 e. The first kappa shape index (κ1) is 18.5. The molecule has 1 atom stereocenters. The maximum absolute atomic E-state index is 13.1. The molecule has 1 aliphatic heterocycles. The molecule has 1 aromatic heterocycles. The molecule has 1 fully saturated rings. The van der Waals surface area contributed by atoms with Crippen molar-refractivity contribution in [2.75, 3.05) is 18.1 Å². The molecule has 140 valence electrons. The van der Waals surface area contributed by atoms with Crippen LogP contribution in [-0.2, 0) is 16.4 Å². The third-order valence-electron chi connectivity index (χ3n) is 4.37. The number of benzene rings is 1. The predicted octanol–water partition coefficient (Wildman–Crippen LogP) is 2.90. The summed E-state index contributed by atoms with van der Waals surface area (Å²) in [7, 11) is -3.10. The summed E-state index contributed by atoms with van der Waals surface area (Å²) in [6, 6.07) is 10.2. The number of ether oxygens (including phenoxy) is 1. The van der Waals surface area contributed by atoms with Gasteiger partial charge in [-0.05, 0) is 43.2 Å². The molecular formula is C19H23NO5S. The van der Waals surface area contributed by atoms with Crippen molar-refractivity contribution in [2.45, 2.75) is 32.4 Å². The van der Waals surface area contributed by atoms with Crippen molar-refractivity contribution < 1.29 is 22.4 Å². The molecule has 0 unspecified atom stereocenters. The first-order valence-corrected chi connectivity index (χ1v) is 10.6. The average Bonchev–Trinajstić information content (AvgIpc) is 3.26. The van der Waals surface area contributed by atoms with Gasteiger partial charge >= 0.3 is 0 Å². The van der Waals surface area contributed by atoms with Gasteiger partial charge in [0.1, 0.15) is 11.5 Å². The van der Waals surface area contributed by atoms with Crippen LogP contribution in [0, 0.1) is 0 Å². The third kappa shape index (κ3) is 4.46. The van der Waals surface area contributed by atoms with Crippen LogP contribution in [0.1, 0.15) is 35.9 Å². The van der Waals surface area contributed by atoms with E-state index in [9.17, 15) is 13.2 Å². The lowest BCUT2D eigenvalue weighted by atomic mass is 10.1. The van der Waals surface area contributed by atoms with Crippen molar-refractivity contribution in [1.82, 2.24) is 4.90 Å². The first-order chi connectivity index (χ1) is 12.5. The Balaban J connectivity index is 1.84. The molecule has 2 aromatic rings. The van der Waals surface area contributed by atoms with Gasteiger partial charge in [-0.1, -0.05) is 13.0 Å². The minimum atomic E-state index is -3.10. The van der Waals surface area contributed by atoms with Gasteiger partial charge in [-0.15, -0.1) is 0 Å². The predicted molar refractivity (Wildman–Crippen MR) is 97.9 cm³/mol. The van der Waals surface area contributed by atoms with Gasteiger partial charge in [0.05, 0.1) is 30.9 Å². The van der Waals surface area contributed by atoms with E-state index in [1.807, 2.05) is 13.0 Å². The quantitative estimate of drug-likeness (QED) is 0.741. The zero-order valence-corrected chi connectivity index (χ0v) is 15.6. The van der Waals surface area contributed by atoms with Crippen molar-refractivity contribution in [3.8, 4) is 5.75 Å². The highest BCUT2D eigenvalue weighted by Gasteiger charge is 2.35. The van der Waals surface area contributed by atoms with Crippen LogP contribution in [-0.4, -0.2) is 43.4 Å². The maximum Gasteiger partial charge on any atom is 0.254 e. The van der Waals surface area contributed by atoms with Gasteiger partial charge < -0.3 is 14.1 Å². The molecule has 6 nitrogen and oxygen atoms in total. The lowest BCUT2D eigenvalue weighted by Gasteiger charge is -2.27. The Hall–Kier alpha value is -2.28. The number of hydrogen-bond acceptors (Lipinski definition) is 5. The average molecular weight is 377 g/mol. The SMILES string of the molecule is CCCOc1cccc(C(=O)N(Cc2ccco2)[C@@H]2CCS(=O)(=O)C2)c1.